The Labute approximate surface area is 92.7 Å². The van der Waals surface area contributed by atoms with Gasteiger partial charge in [-0.3, -0.25) is 4.79 Å². The maximum atomic E-state index is 11.6. The molecule has 0 aliphatic carbocycles. The first-order chi connectivity index (χ1) is 6.75. The molecule has 0 spiro atoms. The molecule has 0 bridgehead atoms. The first-order valence-corrected chi connectivity index (χ1v) is 5.60. The van der Waals surface area contributed by atoms with Crippen LogP contribution < -0.4 is 0 Å². The Kier molecular flexibility index (Phi) is 2.85. The number of nitrogens with one attached hydrogen (secondary N) is 1. The number of hydrogen-bond donors (Lipinski definition) is 1. The van der Waals surface area contributed by atoms with Crippen LogP contribution >= 0.6 is 34.7 Å². The Morgan fingerprint density at radius 2 is 2.43 bits per heavy atom. The van der Waals surface area contributed by atoms with Crippen molar-refractivity contribution in [3.05, 3.63) is 27.5 Å². The van der Waals surface area contributed by atoms with E-state index in [9.17, 15) is 4.79 Å². The zero-order valence-electron chi connectivity index (χ0n) is 6.73. The van der Waals surface area contributed by atoms with Crippen LogP contribution in [0.2, 0.25) is 4.34 Å². The maximum absolute atomic E-state index is 11.6. The Morgan fingerprint density at radius 3 is 3.00 bits per heavy atom. The number of nitrogens with zero attached hydrogens (tertiary/aromatic N) is 2. The third kappa shape index (κ3) is 2.14. The Bertz CT molecular complexity index is 439. The van der Waals surface area contributed by atoms with Crippen LogP contribution in [0.1, 0.15) is 9.67 Å². The maximum Gasteiger partial charge on any atom is 0.235 e. The number of carbonyl (C=O) groups is 1. The number of thioether (sulfide) groups is 1. The highest BCUT2D eigenvalue weighted by Gasteiger charge is 2.11. The lowest BCUT2D eigenvalue weighted by atomic mass is 10.5. The first-order valence-electron chi connectivity index (χ1n) is 3.59. The van der Waals surface area contributed by atoms with Gasteiger partial charge in [-0.1, -0.05) is 11.6 Å². The van der Waals surface area contributed by atoms with E-state index in [-0.39, 0.29) is 5.12 Å². The molecule has 2 heterocycles. The number of H-pyrrole nitrogens is 1. The van der Waals surface area contributed by atoms with Crippen LogP contribution in [-0.4, -0.2) is 20.5 Å². The van der Waals surface area contributed by atoms with Gasteiger partial charge in [-0.05, 0) is 23.9 Å². The minimum Gasteiger partial charge on any atom is -0.280 e. The SMILES string of the molecule is O=C(Sc1cn[nH]n1)c1ccc(Cl)s1. The quantitative estimate of drug-likeness (QED) is 0.826. The molecule has 0 fully saturated rings. The van der Waals surface area contributed by atoms with E-state index in [0.717, 1.165) is 11.8 Å². The topological polar surface area (TPSA) is 58.6 Å². The second-order valence-electron chi connectivity index (χ2n) is 2.30. The third-order valence-corrected chi connectivity index (χ3v) is 3.53. The van der Waals surface area contributed by atoms with Crippen molar-refractivity contribution in [2.45, 2.75) is 5.03 Å². The van der Waals surface area contributed by atoms with Crippen molar-refractivity contribution in [1.29, 1.82) is 0 Å². The van der Waals surface area contributed by atoms with Gasteiger partial charge in [-0.15, -0.1) is 16.4 Å². The number of aromatic nitrogens is 3. The van der Waals surface area contributed by atoms with Crippen LogP contribution in [0, 0.1) is 0 Å². The van der Waals surface area contributed by atoms with Crippen molar-refractivity contribution in [3.63, 3.8) is 0 Å². The number of halogens is 1. The number of rotatable bonds is 2. The summed E-state index contributed by atoms with van der Waals surface area (Å²) in [5, 5.41) is 10.3. The average molecular weight is 246 g/mol. The molecule has 0 aliphatic rings. The van der Waals surface area contributed by atoms with Crippen molar-refractivity contribution >= 4 is 39.8 Å². The summed E-state index contributed by atoms with van der Waals surface area (Å²) in [6.45, 7) is 0. The molecule has 2 rings (SSSR count). The van der Waals surface area contributed by atoms with Gasteiger partial charge in [-0.25, -0.2) is 0 Å². The molecule has 0 radical (unpaired) electrons. The highest BCUT2D eigenvalue weighted by Crippen LogP contribution is 2.27. The second-order valence-corrected chi connectivity index (χ2v) is 5.01. The van der Waals surface area contributed by atoms with E-state index >= 15 is 0 Å². The summed E-state index contributed by atoms with van der Waals surface area (Å²) >= 11 is 7.99. The van der Waals surface area contributed by atoms with Crippen molar-refractivity contribution < 1.29 is 4.79 Å². The zero-order valence-corrected chi connectivity index (χ0v) is 9.12. The van der Waals surface area contributed by atoms with Crippen LogP contribution in [0.25, 0.3) is 0 Å². The molecule has 0 saturated carbocycles. The van der Waals surface area contributed by atoms with Gasteiger partial charge in [0.05, 0.1) is 15.4 Å². The predicted octanol–water partition coefficient (Wildman–Crippen LogP) is 2.45. The van der Waals surface area contributed by atoms with Crippen molar-refractivity contribution in [2.75, 3.05) is 0 Å². The summed E-state index contributed by atoms with van der Waals surface area (Å²) in [6.07, 6.45) is 1.50. The molecular formula is C7H4ClN3OS2. The zero-order chi connectivity index (χ0) is 9.97. The standard InChI is InChI=1S/C7H4ClN3OS2/c8-5-2-1-4(13-5)7(12)14-6-3-9-11-10-6/h1-3H,(H,9,10,11). The predicted molar refractivity (Wildman–Crippen MR) is 55.9 cm³/mol. The Balaban J connectivity index is 2.10. The molecule has 14 heavy (non-hydrogen) atoms. The van der Waals surface area contributed by atoms with E-state index in [1.54, 1.807) is 12.1 Å². The highest BCUT2D eigenvalue weighted by atomic mass is 35.5. The summed E-state index contributed by atoms with van der Waals surface area (Å²) in [4.78, 5) is 12.2. The fraction of sp³-hybridized carbons (Fsp3) is 0. The summed E-state index contributed by atoms with van der Waals surface area (Å²) in [5.41, 5.74) is 0. The van der Waals surface area contributed by atoms with Gasteiger partial charge in [-0.2, -0.15) is 10.3 Å². The van der Waals surface area contributed by atoms with Crippen molar-refractivity contribution in [3.8, 4) is 0 Å². The minimum absolute atomic E-state index is 0.0733. The summed E-state index contributed by atoms with van der Waals surface area (Å²) in [7, 11) is 0. The molecule has 0 unspecified atom stereocenters. The molecular weight excluding hydrogens is 242 g/mol. The van der Waals surface area contributed by atoms with Crippen LogP contribution in [0.4, 0.5) is 0 Å². The largest absolute Gasteiger partial charge is 0.280 e. The lowest BCUT2D eigenvalue weighted by Gasteiger charge is -1.90. The summed E-state index contributed by atoms with van der Waals surface area (Å²) in [5.74, 6) is 0. The molecule has 0 atom stereocenters. The monoisotopic (exact) mass is 245 g/mol. The van der Waals surface area contributed by atoms with Gasteiger partial charge in [0.25, 0.3) is 0 Å². The number of carbonyl (C=O) groups excluding carboxylic acids is 1. The fourth-order valence-electron chi connectivity index (χ4n) is 0.810. The molecule has 0 aromatic carbocycles. The van der Waals surface area contributed by atoms with E-state index in [2.05, 4.69) is 15.4 Å². The smallest absolute Gasteiger partial charge is 0.235 e. The van der Waals surface area contributed by atoms with E-state index in [0.29, 0.717) is 14.2 Å². The number of thiophene rings is 1. The molecule has 0 aliphatic heterocycles. The lowest BCUT2D eigenvalue weighted by Crippen LogP contribution is -1.88. The molecule has 1 N–H and O–H groups in total. The van der Waals surface area contributed by atoms with Crippen molar-refractivity contribution in [1.82, 2.24) is 15.4 Å². The van der Waals surface area contributed by atoms with Gasteiger partial charge in [0, 0.05) is 0 Å². The lowest BCUT2D eigenvalue weighted by molar-refractivity contribution is 0.109. The summed E-state index contributed by atoms with van der Waals surface area (Å²) < 4.78 is 0.606. The molecule has 7 heteroatoms. The molecule has 72 valence electrons. The van der Waals surface area contributed by atoms with Gasteiger partial charge in [0.2, 0.25) is 5.12 Å². The van der Waals surface area contributed by atoms with Crippen LogP contribution in [0.15, 0.2) is 23.4 Å². The molecule has 2 aromatic rings. The summed E-state index contributed by atoms with van der Waals surface area (Å²) in [6, 6.07) is 3.39. The van der Waals surface area contributed by atoms with E-state index in [1.807, 2.05) is 0 Å². The Hall–Kier alpha value is -0.850. The molecule has 0 amide bonds. The van der Waals surface area contributed by atoms with Gasteiger partial charge in [0.15, 0.2) is 0 Å². The van der Waals surface area contributed by atoms with E-state index < -0.39 is 0 Å². The normalized spacial score (nSPS) is 10.4. The second kappa shape index (κ2) is 4.12. The first kappa shape index (κ1) is 9.70. The van der Waals surface area contributed by atoms with Gasteiger partial charge >= 0.3 is 0 Å². The highest BCUT2D eigenvalue weighted by molar-refractivity contribution is 8.14. The number of aromatic amines is 1. The van der Waals surface area contributed by atoms with Crippen molar-refractivity contribution in [2.24, 2.45) is 0 Å². The number of hydrogen-bond acceptors (Lipinski definition) is 5. The Morgan fingerprint density at radius 1 is 1.57 bits per heavy atom. The molecule has 4 nitrogen and oxygen atoms in total. The van der Waals surface area contributed by atoms with Gasteiger partial charge in [0.1, 0.15) is 5.03 Å². The van der Waals surface area contributed by atoms with Crippen LogP contribution in [0.3, 0.4) is 0 Å². The van der Waals surface area contributed by atoms with E-state index in [4.69, 9.17) is 11.6 Å². The fourth-order valence-corrected chi connectivity index (χ4v) is 2.49. The van der Waals surface area contributed by atoms with Crippen LogP contribution in [-0.2, 0) is 0 Å². The van der Waals surface area contributed by atoms with E-state index in [1.165, 1.54) is 17.5 Å². The molecule has 0 saturated heterocycles. The minimum atomic E-state index is -0.0733. The third-order valence-electron chi connectivity index (χ3n) is 1.36. The molecule has 2 aromatic heterocycles. The van der Waals surface area contributed by atoms with Gasteiger partial charge < -0.3 is 0 Å². The van der Waals surface area contributed by atoms with Crippen LogP contribution in [0.5, 0.6) is 0 Å². The average Bonchev–Trinajstić information content (AvgIpc) is 2.75.